The van der Waals surface area contributed by atoms with E-state index >= 15 is 0 Å². The Balaban J connectivity index is 2.34. The van der Waals surface area contributed by atoms with E-state index in [0.717, 1.165) is 15.7 Å². The fraction of sp³-hybridized carbons (Fsp3) is 0.462. The van der Waals surface area contributed by atoms with Crippen molar-refractivity contribution < 1.29 is 8.42 Å². The quantitative estimate of drug-likeness (QED) is 0.279. The maximum Gasteiger partial charge on any atom is 0.210 e. The van der Waals surface area contributed by atoms with E-state index in [0.29, 0.717) is 19.0 Å². The van der Waals surface area contributed by atoms with Gasteiger partial charge in [-0.1, -0.05) is 11.6 Å². The Morgan fingerprint density at radius 1 is 1.32 bits per heavy atom. The molecule has 4 N–H and O–H groups in total. The number of guanidine groups is 1. The fourth-order valence-corrected chi connectivity index (χ4v) is 2.74. The zero-order valence-corrected chi connectivity index (χ0v) is 14.8. The average Bonchev–Trinajstić information content (AvgIpc) is 2.44. The molecule has 0 atom stereocenters. The highest BCUT2D eigenvalue weighted by atomic mass is 35.5. The van der Waals surface area contributed by atoms with E-state index in [1.54, 1.807) is 11.8 Å². The maximum absolute atomic E-state index is 10.9. The van der Waals surface area contributed by atoms with Gasteiger partial charge in [0.15, 0.2) is 5.96 Å². The van der Waals surface area contributed by atoms with Crippen LogP contribution in [0.2, 0.25) is 5.02 Å². The highest BCUT2D eigenvalue weighted by Gasteiger charge is 2.02. The minimum Gasteiger partial charge on any atom is -0.357 e. The molecular formula is C13H21ClN4O2S2. The number of primary sulfonamides is 1. The molecule has 0 amide bonds. The third kappa shape index (κ3) is 9.14. The van der Waals surface area contributed by atoms with Crippen molar-refractivity contribution in [3.8, 4) is 0 Å². The van der Waals surface area contributed by atoms with Gasteiger partial charge in [-0.2, -0.15) is 0 Å². The van der Waals surface area contributed by atoms with Gasteiger partial charge < -0.3 is 10.6 Å². The average molecular weight is 365 g/mol. The van der Waals surface area contributed by atoms with Crippen molar-refractivity contribution in [3.05, 3.63) is 29.3 Å². The Kier molecular flexibility index (Phi) is 8.62. The summed E-state index contributed by atoms with van der Waals surface area (Å²) >= 11 is 7.53. The number of hydrogen-bond acceptors (Lipinski definition) is 4. The summed E-state index contributed by atoms with van der Waals surface area (Å²) in [6.07, 6.45) is 0. The van der Waals surface area contributed by atoms with E-state index in [2.05, 4.69) is 15.6 Å². The predicted octanol–water partition coefficient (Wildman–Crippen LogP) is 1.28. The van der Waals surface area contributed by atoms with E-state index in [9.17, 15) is 8.42 Å². The van der Waals surface area contributed by atoms with Crippen LogP contribution in [0.4, 0.5) is 0 Å². The lowest BCUT2D eigenvalue weighted by atomic mass is 10.4. The molecular weight excluding hydrogens is 344 g/mol. The van der Waals surface area contributed by atoms with Crippen molar-refractivity contribution in [2.45, 2.75) is 11.8 Å². The highest BCUT2D eigenvalue weighted by molar-refractivity contribution is 7.99. The molecule has 1 rings (SSSR count). The third-order valence-corrected chi connectivity index (χ3v) is 4.48. The van der Waals surface area contributed by atoms with Crippen LogP contribution in [0.15, 0.2) is 34.2 Å². The zero-order chi connectivity index (χ0) is 16.4. The largest absolute Gasteiger partial charge is 0.357 e. The number of thioether (sulfide) groups is 1. The molecule has 9 heteroatoms. The normalized spacial score (nSPS) is 12.2. The molecule has 1 aromatic carbocycles. The molecule has 124 valence electrons. The van der Waals surface area contributed by atoms with E-state index < -0.39 is 10.0 Å². The van der Waals surface area contributed by atoms with Crippen molar-refractivity contribution in [1.29, 1.82) is 0 Å². The fourth-order valence-electron chi connectivity index (χ4n) is 1.50. The summed E-state index contributed by atoms with van der Waals surface area (Å²) in [6.45, 7) is 3.48. The summed E-state index contributed by atoms with van der Waals surface area (Å²) in [5.74, 6) is 1.27. The summed E-state index contributed by atoms with van der Waals surface area (Å²) in [4.78, 5) is 5.30. The van der Waals surface area contributed by atoms with Crippen molar-refractivity contribution in [2.75, 3.05) is 31.1 Å². The number of hydrogen-bond donors (Lipinski definition) is 3. The van der Waals surface area contributed by atoms with Crippen molar-refractivity contribution in [3.63, 3.8) is 0 Å². The minimum atomic E-state index is -3.48. The Morgan fingerprint density at radius 2 is 2.00 bits per heavy atom. The number of benzene rings is 1. The van der Waals surface area contributed by atoms with Gasteiger partial charge in [-0.25, -0.2) is 13.6 Å². The van der Waals surface area contributed by atoms with Crippen molar-refractivity contribution in [1.82, 2.24) is 10.6 Å². The lowest BCUT2D eigenvalue weighted by molar-refractivity contribution is 0.597. The molecule has 0 saturated heterocycles. The Labute approximate surface area is 141 Å². The number of halogens is 1. The van der Waals surface area contributed by atoms with Crippen LogP contribution < -0.4 is 15.8 Å². The van der Waals surface area contributed by atoms with Gasteiger partial charge in [0.1, 0.15) is 0 Å². The molecule has 1 aromatic rings. The molecule has 6 nitrogen and oxygen atoms in total. The Morgan fingerprint density at radius 3 is 2.59 bits per heavy atom. The molecule has 0 aliphatic rings. The molecule has 0 aliphatic carbocycles. The number of aliphatic imine (C=N–C) groups is 1. The van der Waals surface area contributed by atoms with Gasteiger partial charge in [0.2, 0.25) is 10.0 Å². The maximum atomic E-state index is 10.9. The van der Waals surface area contributed by atoms with Crippen LogP contribution in [0, 0.1) is 0 Å². The van der Waals surface area contributed by atoms with E-state index in [4.69, 9.17) is 16.7 Å². The number of nitrogens with one attached hydrogen (secondary N) is 2. The Hall–Kier alpha value is -0.960. The molecule has 0 spiro atoms. The summed E-state index contributed by atoms with van der Waals surface area (Å²) in [6, 6.07) is 7.66. The van der Waals surface area contributed by atoms with E-state index in [1.165, 1.54) is 0 Å². The topological polar surface area (TPSA) is 96.6 Å². The van der Waals surface area contributed by atoms with Gasteiger partial charge in [-0.15, -0.1) is 11.8 Å². The lowest BCUT2D eigenvalue weighted by Crippen LogP contribution is -2.38. The number of nitrogens with two attached hydrogens (primary N) is 1. The highest BCUT2D eigenvalue weighted by Crippen LogP contribution is 2.19. The van der Waals surface area contributed by atoms with Gasteiger partial charge >= 0.3 is 0 Å². The number of rotatable bonds is 8. The SMILES string of the molecule is CCNC(=NCCS(N)(=O)=O)NCCSc1ccc(Cl)cc1. The monoisotopic (exact) mass is 364 g/mol. The van der Waals surface area contributed by atoms with Crippen LogP contribution in [0.5, 0.6) is 0 Å². The second kappa shape index (κ2) is 9.94. The second-order valence-electron chi connectivity index (χ2n) is 4.36. The van der Waals surface area contributed by atoms with Crippen LogP contribution in [-0.2, 0) is 10.0 Å². The van der Waals surface area contributed by atoms with Gasteiger partial charge in [0, 0.05) is 28.8 Å². The first kappa shape index (κ1) is 19.1. The molecule has 0 heterocycles. The standard InChI is InChI=1S/C13H21ClN4O2S2/c1-2-16-13(18-8-10-22(15,19)20)17-7-9-21-12-5-3-11(14)4-6-12/h3-6H,2,7-10H2,1H3,(H2,15,19,20)(H2,16,17,18). The van der Waals surface area contributed by atoms with Gasteiger partial charge in [-0.3, -0.25) is 4.99 Å². The molecule has 22 heavy (non-hydrogen) atoms. The van der Waals surface area contributed by atoms with Crippen LogP contribution in [-0.4, -0.2) is 45.5 Å². The molecule has 0 bridgehead atoms. The van der Waals surface area contributed by atoms with Crippen LogP contribution in [0.3, 0.4) is 0 Å². The smallest absolute Gasteiger partial charge is 0.210 e. The first-order chi connectivity index (χ1) is 10.4. The summed E-state index contributed by atoms with van der Waals surface area (Å²) in [5.41, 5.74) is 0. The Bertz CT molecular complexity index is 576. The molecule has 0 aromatic heterocycles. The third-order valence-electron chi connectivity index (χ3n) is 2.47. The predicted molar refractivity (Wildman–Crippen MR) is 94.1 cm³/mol. The van der Waals surface area contributed by atoms with Crippen LogP contribution in [0.25, 0.3) is 0 Å². The van der Waals surface area contributed by atoms with Gasteiger partial charge in [0.25, 0.3) is 0 Å². The van der Waals surface area contributed by atoms with E-state index in [1.807, 2.05) is 31.2 Å². The molecule has 0 radical (unpaired) electrons. The summed E-state index contributed by atoms with van der Waals surface area (Å²) < 4.78 is 21.7. The zero-order valence-electron chi connectivity index (χ0n) is 12.4. The molecule has 0 saturated carbocycles. The summed E-state index contributed by atoms with van der Waals surface area (Å²) in [5, 5.41) is 11.9. The molecule has 0 unspecified atom stereocenters. The number of sulfonamides is 1. The van der Waals surface area contributed by atoms with E-state index in [-0.39, 0.29) is 12.3 Å². The van der Waals surface area contributed by atoms with Crippen molar-refractivity contribution >= 4 is 39.3 Å². The lowest BCUT2D eigenvalue weighted by Gasteiger charge is -2.11. The van der Waals surface area contributed by atoms with Crippen LogP contribution >= 0.6 is 23.4 Å². The molecule has 0 aliphatic heterocycles. The first-order valence-corrected chi connectivity index (χ1v) is 9.89. The summed E-state index contributed by atoms with van der Waals surface area (Å²) in [7, 11) is -3.48. The second-order valence-corrected chi connectivity index (χ2v) is 7.70. The van der Waals surface area contributed by atoms with Gasteiger partial charge in [0.05, 0.1) is 12.3 Å². The number of nitrogens with zero attached hydrogens (tertiary/aromatic N) is 1. The molecule has 0 fully saturated rings. The van der Waals surface area contributed by atoms with Gasteiger partial charge in [-0.05, 0) is 31.2 Å². The minimum absolute atomic E-state index is 0.137. The van der Waals surface area contributed by atoms with Crippen LogP contribution in [0.1, 0.15) is 6.92 Å². The van der Waals surface area contributed by atoms with Crippen molar-refractivity contribution in [2.24, 2.45) is 10.1 Å². The first-order valence-electron chi connectivity index (χ1n) is 6.81.